The lowest BCUT2D eigenvalue weighted by Crippen LogP contribution is -2.06. The van der Waals surface area contributed by atoms with E-state index in [9.17, 15) is 4.79 Å². The van der Waals surface area contributed by atoms with Crippen molar-refractivity contribution in [2.45, 2.75) is 13.3 Å². The lowest BCUT2D eigenvalue weighted by molar-refractivity contribution is 0.0505. The molecule has 2 rings (SSSR count). The summed E-state index contributed by atoms with van der Waals surface area (Å²) in [5.41, 5.74) is 7.47. The predicted molar refractivity (Wildman–Crippen MR) is 78.9 cm³/mol. The number of ether oxygens (including phenoxy) is 1. The molecule has 5 nitrogen and oxygen atoms in total. The lowest BCUT2D eigenvalue weighted by atomic mass is 10.2. The molecule has 20 heavy (non-hydrogen) atoms. The summed E-state index contributed by atoms with van der Waals surface area (Å²) in [4.78, 5) is 15.9. The monoisotopic (exact) mass is 271 g/mol. The van der Waals surface area contributed by atoms with Crippen LogP contribution in [0.15, 0.2) is 42.6 Å². The molecular formula is C15H17N3O2. The SMILES string of the molecule is CCCOC(=O)c1cccc(Nc2ccc(N)cn2)c1. The van der Waals surface area contributed by atoms with Gasteiger partial charge in [0.1, 0.15) is 5.82 Å². The van der Waals surface area contributed by atoms with Crippen LogP contribution in [0.2, 0.25) is 0 Å². The molecule has 1 heterocycles. The number of nitrogen functional groups attached to an aromatic ring is 1. The van der Waals surface area contributed by atoms with E-state index in [2.05, 4.69) is 10.3 Å². The number of nitrogens with zero attached hydrogens (tertiary/aromatic N) is 1. The Morgan fingerprint density at radius 2 is 2.20 bits per heavy atom. The number of esters is 1. The standard InChI is InChI=1S/C15H17N3O2/c1-2-8-20-15(19)11-4-3-5-13(9-11)18-14-7-6-12(16)10-17-14/h3-7,9-10H,2,8,16H2,1H3,(H,17,18). The molecule has 0 saturated carbocycles. The van der Waals surface area contributed by atoms with Gasteiger partial charge in [-0.25, -0.2) is 9.78 Å². The van der Waals surface area contributed by atoms with Gasteiger partial charge in [-0.05, 0) is 36.8 Å². The zero-order valence-corrected chi connectivity index (χ0v) is 11.3. The van der Waals surface area contributed by atoms with Crippen LogP contribution >= 0.6 is 0 Å². The van der Waals surface area contributed by atoms with Gasteiger partial charge in [0.05, 0.1) is 24.1 Å². The second-order valence-corrected chi connectivity index (χ2v) is 4.32. The van der Waals surface area contributed by atoms with Crippen molar-refractivity contribution in [3.8, 4) is 0 Å². The second-order valence-electron chi connectivity index (χ2n) is 4.32. The van der Waals surface area contributed by atoms with Gasteiger partial charge in [-0.15, -0.1) is 0 Å². The number of nitrogens with two attached hydrogens (primary N) is 1. The van der Waals surface area contributed by atoms with Gasteiger partial charge in [0.25, 0.3) is 0 Å². The van der Waals surface area contributed by atoms with E-state index >= 15 is 0 Å². The highest BCUT2D eigenvalue weighted by atomic mass is 16.5. The minimum atomic E-state index is -0.319. The Morgan fingerprint density at radius 3 is 2.90 bits per heavy atom. The zero-order chi connectivity index (χ0) is 14.4. The predicted octanol–water partition coefficient (Wildman–Crippen LogP) is 2.97. The first-order valence-electron chi connectivity index (χ1n) is 6.45. The molecule has 1 aromatic carbocycles. The van der Waals surface area contributed by atoms with Crippen LogP contribution in [0.25, 0.3) is 0 Å². The smallest absolute Gasteiger partial charge is 0.338 e. The number of pyridine rings is 1. The van der Waals surface area contributed by atoms with E-state index in [0.29, 0.717) is 23.7 Å². The number of aromatic nitrogens is 1. The van der Waals surface area contributed by atoms with Gasteiger partial charge in [0.15, 0.2) is 0 Å². The summed E-state index contributed by atoms with van der Waals surface area (Å²) < 4.78 is 5.10. The maximum atomic E-state index is 11.8. The Bertz CT molecular complexity index is 582. The Kier molecular flexibility index (Phi) is 4.55. The van der Waals surface area contributed by atoms with Crippen LogP contribution in [-0.4, -0.2) is 17.6 Å². The van der Waals surface area contributed by atoms with E-state index in [1.165, 1.54) is 0 Å². The van der Waals surface area contributed by atoms with E-state index in [-0.39, 0.29) is 5.97 Å². The molecule has 0 fully saturated rings. The van der Waals surface area contributed by atoms with Gasteiger partial charge in [-0.3, -0.25) is 0 Å². The fraction of sp³-hybridized carbons (Fsp3) is 0.200. The third-order valence-electron chi connectivity index (χ3n) is 2.59. The summed E-state index contributed by atoms with van der Waals surface area (Å²) in [5.74, 6) is 0.346. The Balaban J connectivity index is 2.09. The summed E-state index contributed by atoms with van der Waals surface area (Å²) >= 11 is 0. The maximum Gasteiger partial charge on any atom is 0.338 e. The third-order valence-corrected chi connectivity index (χ3v) is 2.59. The number of nitrogens with one attached hydrogen (secondary N) is 1. The molecule has 3 N–H and O–H groups in total. The fourth-order valence-corrected chi connectivity index (χ4v) is 1.63. The number of anilines is 3. The highest BCUT2D eigenvalue weighted by Gasteiger charge is 2.07. The van der Waals surface area contributed by atoms with E-state index < -0.39 is 0 Å². The minimum Gasteiger partial charge on any atom is -0.462 e. The molecule has 0 amide bonds. The van der Waals surface area contributed by atoms with Crippen LogP contribution in [0.3, 0.4) is 0 Å². The summed E-state index contributed by atoms with van der Waals surface area (Å²) in [6.07, 6.45) is 2.38. The molecule has 0 aliphatic carbocycles. The molecule has 0 unspecified atom stereocenters. The van der Waals surface area contributed by atoms with Crippen molar-refractivity contribution in [2.24, 2.45) is 0 Å². The molecule has 0 spiro atoms. The van der Waals surface area contributed by atoms with E-state index in [0.717, 1.165) is 12.1 Å². The van der Waals surface area contributed by atoms with Crippen LogP contribution in [0, 0.1) is 0 Å². The number of carbonyl (C=O) groups excluding carboxylic acids is 1. The van der Waals surface area contributed by atoms with Crippen LogP contribution in [0.5, 0.6) is 0 Å². The van der Waals surface area contributed by atoms with Crippen LogP contribution in [0.1, 0.15) is 23.7 Å². The first kappa shape index (κ1) is 13.9. The van der Waals surface area contributed by atoms with Crippen LogP contribution < -0.4 is 11.1 Å². The van der Waals surface area contributed by atoms with Gasteiger partial charge in [0.2, 0.25) is 0 Å². The number of hydrogen-bond acceptors (Lipinski definition) is 5. The molecule has 104 valence electrons. The van der Waals surface area contributed by atoms with Gasteiger partial charge in [-0.2, -0.15) is 0 Å². The fourth-order valence-electron chi connectivity index (χ4n) is 1.63. The largest absolute Gasteiger partial charge is 0.462 e. The molecule has 0 atom stereocenters. The molecule has 1 aromatic heterocycles. The third kappa shape index (κ3) is 3.71. The van der Waals surface area contributed by atoms with E-state index in [1.807, 2.05) is 13.0 Å². The lowest BCUT2D eigenvalue weighted by Gasteiger charge is -2.08. The average Bonchev–Trinajstić information content (AvgIpc) is 2.47. The molecule has 2 aromatic rings. The molecule has 5 heteroatoms. The average molecular weight is 271 g/mol. The van der Waals surface area contributed by atoms with Crippen molar-refractivity contribution in [3.63, 3.8) is 0 Å². The first-order chi connectivity index (χ1) is 9.69. The van der Waals surface area contributed by atoms with Gasteiger partial charge < -0.3 is 15.8 Å². The summed E-state index contributed by atoms with van der Waals surface area (Å²) in [5, 5.41) is 3.11. The maximum absolute atomic E-state index is 11.8. The number of hydrogen-bond donors (Lipinski definition) is 2. The molecule has 0 bridgehead atoms. The zero-order valence-electron chi connectivity index (χ0n) is 11.3. The van der Waals surface area contributed by atoms with Gasteiger partial charge >= 0.3 is 5.97 Å². The van der Waals surface area contributed by atoms with Gasteiger partial charge in [-0.1, -0.05) is 13.0 Å². The quantitative estimate of drug-likeness (QED) is 0.817. The summed E-state index contributed by atoms with van der Waals surface area (Å²) in [6, 6.07) is 10.6. The van der Waals surface area contributed by atoms with Crippen LogP contribution in [-0.2, 0) is 4.74 Å². The number of benzene rings is 1. The second kappa shape index (κ2) is 6.56. The first-order valence-corrected chi connectivity index (χ1v) is 6.45. The highest BCUT2D eigenvalue weighted by molar-refractivity contribution is 5.90. The van der Waals surface area contributed by atoms with Crippen molar-refractivity contribution in [1.82, 2.24) is 4.98 Å². The van der Waals surface area contributed by atoms with Crippen molar-refractivity contribution >= 4 is 23.2 Å². The number of carbonyl (C=O) groups is 1. The Labute approximate surface area is 117 Å². The molecule has 0 radical (unpaired) electrons. The highest BCUT2D eigenvalue weighted by Crippen LogP contribution is 2.17. The number of rotatable bonds is 5. The van der Waals surface area contributed by atoms with E-state index in [1.54, 1.807) is 36.5 Å². The van der Waals surface area contributed by atoms with Crippen molar-refractivity contribution < 1.29 is 9.53 Å². The van der Waals surface area contributed by atoms with Gasteiger partial charge in [0, 0.05) is 5.69 Å². The molecule has 0 aliphatic rings. The van der Waals surface area contributed by atoms with Crippen molar-refractivity contribution in [1.29, 1.82) is 0 Å². The summed E-state index contributed by atoms with van der Waals surface area (Å²) in [7, 11) is 0. The van der Waals surface area contributed by atoms with E-state index in [4.69, 9.17) is 10.5 Å². The Hall–Kier alpha value is -2.56. The minimum absolute atomic E-state index is 0.319. The topological polar surface area (TPSA) is 77.2 Å². The molecule has 0 saturated heterocycles. The molecular weight excluding hydrogens is 254 g/mol. The van der Waals surface area contributed by atoms with Crippen molar-refractivity contribution in [3.05, 3.63) is 48.2 Å². The summed E-state index contributed by atoms with van der Waals surface area (Å²) in [6.45, 7) is 2.38. The molecule has 0 aliphatic heterocycles. The Morgan fingerprint density at radius 1 is 1.35 bits per heavy atom. The van der Waals surface area contributed by atoms with Crippen molar-refractivity contribution in [2.75, 3.05) is 17.7 Å². The normalized spacial score (nSPS) is 10.1. The van der Waals surface area contributed by atoms with Crippen LogP contribution in [0.4, 0.5) is 17.2 Å².